The summed E-state index contributed by atoms with van der Waals surface area (Å²) in [5, 5.41) is 2.69. The average Bonchev–Trinajstić information content (AvgIpc) is 2.60. The molecule has 2 atom stereocenters. The van der Waals surface area contributed by atoms with Crippen molar-refractivity contribution in [3.8, 4) is 0 Å². The lowest BCUT2D eigenvalue weighted by molar-refractivity contribution is -0.122. The predicted molar refractivity (Wildman–Crippen MR) is 115 cm³/mol. The number of nitrogens with zero attached hydrogens (tertiary/aromatic N) is 1. The molecular weight excluding hydrogens is 415 g/mol. The first kappa shape index (κ1) is 23.2. The summed E-state index contributed by atoms with van der Waals surface area (Å²) >= 11 is 5.83. The number of aryl methyl sites for hydroxylation is 2. The lowest BCUT2D eigenvalue weighted by Crippen LogP contribution is -2.49. The van der Waals surface area contributed by atoms with E-state index in [9.17, 15) is 17.6 Å². The topological polar surface area (TPSA) is 66.5 Å². The van der Waals surface area contributed by atoms with Crippen molar-refractivity contribution in [1.29, 1.82) is 0 Å². The first-order valence-electron chi connectivity index (χ1n) is 9.27. The Bertz CT molecular complexity index is 1010. The van der Waals surface area contributed by atoms with E-state index in [-0.39, 0.29) is 23.2 Å². The smallest absolute Gasteiger partial charge is 0.244 e. The molecule has 2 aromatic carbocycles. The van der Waals surface area contributed by atoms with Gasteiger partial charge in [0.1, 0.15) is 11.9 Å². The van der Waals surface area contributed by atoms with Crippen LogP contribution in [0.25, 0.3) is 0 Å². The van der Waals surface area contributed by atoms with E-state index in [1.54, 1.807) is 6.92 Å². The maximum Gasteiger partial charge on any atom is 0.244 e. The Balaban J connectivity index is 2.36. The normalized spacial score (nSPS) is 13.6. The molecule has 0 heterocycles. The van der Waals surface area contributed by atoms with Gasteiger partial charge in [-0.05, 0) is 56.5 Å². The molecule has 8 heteroatoms. The number of sulfonamides is 1. The fraction of sp³-hybridized carbons (Fsp3) is 0.381. The molecule has 0 radical (unpaired) electrons. The number of carbonyl (C=O) groups is 1. The van der Waals surface area contributed by atoms with Crippen molar-refractivity contribution in [2.75, 3.05) is 10.6 Å². The van der Waals surface area contributed by atoms with Gasteiger partial charge in [-0.25, -0.2) is 12.8 Å². The van der Waals surface area contributed by atoms with Crippen LogP contribution < -0.4 is 9.62 Å². The molecule has 5 nitrogen and oxygen atoms in total. The Labute approximate surface area is 176 Å². The molecule has 0 spiro atoms. The Morgan fingerprint density at radius 2 is 1.86 bits per heavy atom. The molecule has 0 saturated heterocycles. The minimum absolute atomic E-state index is 0.139. The highest BCUT2D eigenvalue weighted by atomic mass is 35.5. The molecule has 0 unspecified atom stereocenters. The summed E-state index contributed by atoms with van der Waals surface area (Å²) in [7, 11) is -3.83. The van der Waals surface area contributed by atoms with E-state index >= 15 is 0 Å². The summed E-state index contributed by atoms with van der Waals surface area (Å²) in [4.78, 5) is 13.0. The van der Waals surface area contributed by atoms with Gasteiger partial charge in [-0.3, -0.25) is 9.10 Å². The third-order valence-electron chi connectivity index (χ3n) is 4.74. The molecule has 2 rings (SSSR count). The summed E-state index contributed by atoms with van der Waals surface area (Å²) in [6.45, 7) is 7.52. The Hall–Kier alpha value is -2.12. The van der Waals surface area contributed by atoms with Gasteiger partial charge in [0.15, 0.2) is 0 Å². The molecule has 0 aliphatic carbocycles. The molecule has 0 aliphatic rings. The van der Waals surface area contributed by atoms with E-state index in [0.29, 0.717) is 0 Å². The average molecular weight is 441 g/mol. The summed E-state index contributed by atoms with van der Waals surface area (Å²) in [6, 6.07) is 8.22. The van der Waals surface area contributed by atoms with Crippen LogP contribution >= 0.6 is 11.6 Å². The monoisotopic (exact) mass is 440 g/mol. The highest BCUT2D eigenvalue weighted by molar-refractivity contribution is 7.92. The second-order valence-corrected chi connectivity index (χ2v) is 9.44. The number of halogens is 2. The third-order valence-corrected chi connectivity index (χ3v) is 6.21. The van der Waals surface area contributed by atoms with Gasteiger partial charge in [0.2, 0.25) is 15.9 Å². The van der Waals surface area contributed by atoms with E-state index in [1.165, 1.54) is 12.1 Å². The molecule has 0 saturated carbocycles. The summed E-state index contributed by atoms with van der Waals surface area (Å²) in [6.07, 6.45) is 1.24. The van der Waals surface area contributed by atoms with Gasteiger partial charge in [0.25, 0.3) is 0 Å². The van der Waals surface area contributed by atoms with Crippen LogP contribution in [0.15, 0.2) is 36.4 Å². The van der Waals surface area contributed by atoms with Crippen molar-refractivity contribution in [3.63, 3.8) is 0 Å². The van der Waals surface area contributed by atoms with Crippen molar-refractivity contribution >= 4 is 33.2 Å². The van der Waals surface area contributed by atoms with Crippen LogP contribution in [-0.2, 0) is 14.8 Å². The van der Waals surface area contributed by atoms with Gasteiger partial charge < -0.3 is 5.32 Å². The maximum atomic E-state index is 13.5. The zero-order chi connectivity index (χ0) is 21.9. The van der Waals surface area contributed by atoms with Crippen molar-refractivity contribution < 1.29 is 17.6 Å². The minimum Gasteiger partial charge on any atom is -0.348 e. The molecule has 1 amide bonds. The van der Waals surface area contributed by atoms with E-state index < -0.39 is 27.8 Å². The largest absolute Gasteiger partial charge is 0.348 e. The van der Waals surface area contributed by atoms with Gasteiger partial charge in [-0.2, -0.15) is 0 Å². The van der Waals surface area contributed by atoms with Crippen LogP contribution in [-0.4, -0.2) is 26.6 Å². The molecular formula is C21H26ClFN2O3S. The number of hydrogen-bond acceptors (Lipinski definition) is 3. The predicted octanol–water partition coefficient (Wildman–Crippen LogP) is 4.52. The summed E-state index contributed by atoms with van der Waals surface area (Å²) in [5.41, 5.74) is 3.25. The number of hydrogen-bond donors (Lipinski definition) is 1. The second-order valence-electron chi connectivity index (χ2n) is 7.17. The van der Waals surface area contributed by atoms with Gasteiger partial charge in [0.05, 0.1) is 23.0 Å². The van der Waals surface area contributed by atoms with Crippen molar-refractivity contribution in [2.45, 2.75) is 46.2 Å². The SMILES string of the molecule is CC[C@H](C(=O)N[C@@H](C)c1ccc(C)cc1C)N(c1ccc(F)c(Cl)c1)S(C)(=O)=O. The number of benzene rings is 2. The second kappa shape index (κ2) is 9.13. The van der Waals surface area contributed by atoms with E-state index in [4.69, 9.17) is 11.6 Å². The molecule has 0 aromatic heterocycles. The first-order chi connectivity index (χ1) is 13.5. The Kier molecular flexibility index (Phi) is 7.30. The summed E-state index contributed by atoms with van der Waals surface area (Å²) in [5.74, 6) is -1.10. The Morgan fingerprint density at radius 1 is 1.21 bits per heavy atom. The number of amides is 1. The zero-order valence-electron chi connectivity index (χ0n) is 17.2. The lowest BCUT2D eigenvalue weighted by atomic mass is 10.00. The van der Waals surface area contributed by atoms with Gasteiger partial charge in [-0.1, -0.05) is 42.3 Å². The van der Waals surface area contributed by atoms with Gasteiger partial charge in [-0.15, -0.1) is 0 Å². The van der Waals surface area contributed by atoms with E-state index in [2.05, 4.69) is 5.32 Å². The highest BCUT2D eigenvalue weighted by Gasteiger charge is 2.32. The highest BCUT2D eigenvalue weighted by Crippen LogP contribution is 2.28. The first-order valence-corrected chi connectivity index (χ1v) is 11.5. The van der Waals surface area contributed by atoms with Crippen LogP contribution in [0.5, 0.6) is 0 Å². The number of carbonyl (C=O) groups excluding carboxylic acids is 1. The van der Waals surface area contributed by atoms with E-state index in [1.807, 2.05) is 39.0 Å². The number of anilines is 1. The fourth-order valence-electron chi connectivity index (χ4n) is 3.38. The van der Waals surface area contributed by atoms with Crippen LogP contribution in [0, 0.1) is 19.7 Å². The van der Waals surface area contributed by atoms with Crippen LogP contribution in [0.1, 0.15) is 43.0 Å². The standard InChI is InChI=1S/C21H26ClFN2O3S/c1-6-20(21(26)24-15(4)17-9-7-13(2)11-14(17)3)25(29(5,27)28)16-8-10-19(23)18(22)12-16/h7-12,15,20H,6H2,1-5H3,(H,24,26)/t15-,20+/m0/s1. The van der Waals surface area contributed by atoms with Crippen LogP contribution in [0.4, 0.5) is 10.1 Å². The molecule has 0 aliphatic heterocycles. The lowest BCUT2D eigenvalue weighted by Gasteiger charge is -2.31. The molecule has 158 valence electrons. The number of nitrogens with one attached hydrogen (secondary N) is 1. The molecule has 1 N–H and O–H groups in total. The van der Waals surface area contributed by atoms with Crippen molar-refractivity contribution in [2.24, 2.45) is 0 Å². The molecule has 29 heavy (non-hydrogen) atoms. The quantitative estimate of drug-likeness (QED) is 0.688. The Morgan fingerprint density at radius 3 is 2.38 bits per heavy atom. The van der Waals surface area contributed by atoms with E-state index in [0.717, 1.165) is 33.3 Å². The van der Waals surface area contributed by atoms with Gasteiger partial charge in [0, 0.05) is 0 Å². The molecule has 0 fully saturated rings. The van der Waals surface area contributed by atoms with Crippen LogP contribution in [0.3, 0.4) is 0 Å². The van der Waals surface area contributed by atoms with Crippen LogP contribution in [0.2, 0.25) is 5.02 Å². The zero-order valence-corrected chi connectivity index (χ0v) is 18.7. The minimum atomic E-state index is -3.83. The molecule has 2 aromatic rings. The number of rotatable bonds is 7. The van der Waals surface area contributed by atoms with Gasteiger partial charge >= 0.3 is 0 Å². The summed E-state index contributed by atoms with van der Waals surface area (Å²) < 4.78 is 39.5. The molecule has 0 bridgehead atoms. The third kappa shape index (κ3) is 5.48. The van der Waals surface area contributed by atoms with Crippen molar-refractivity contribution in [1.82, 2.24) is 5.32 Å². The van der Waals surface area contributed by atoms with Crippen molar-refractivity contribution in [3.05, 3.63) is 63.9 Å². The fourth-order valence-corrected chi connectivity index (χ4v) is 4.76. The maximum absolute atomic E-state index is 13.5.